The third-order valence-corrected chi connectivity index (χ3v) is 2.10. The van der Waals surface area contributed by atoms with E-state index in [1.807, 2.05) is 3.11 Å². The minimum absolute atomic E-state index is 0.487. The molecule has 1 aromatic heterocycles. The fraction of sp³-hybridized carbons (Fsp3) is 0.286. The molecule has 1 aromatic rings. The predicted octanol–water partition coefficient (Wildman–Crippen LogP) is 1.55. The molecule has 0 fully saturated rings. The Bertz CT molecular complexity index is 268. The van der Waals surface area contributed by atoms with Crippen molar-refractivity contribution in [3.63, 3.8) is 0 Å². The van der Waals surface area contributed by atoms with Gasteiger partial charge < -0.3 is 0 Å². The second-order valence-corrected chi connectivity index (χ2v) is 3.21. The summed E-state index contributed by atoms with van der Waals surface area (Å²) in [6, 6.07) is 3.83. The molecule has 1 heterocycles. The van der Waals surface area contributed by atoms with E-state index in [0.717, 1.165) is 0 Å². The Balaban J connectivity index is 2.55. The fourth-order valence-corrected chi connectivity index (χ4v) is 1.16. The van der Waals surface area contributed by atoms with Crippen LogP contribution in [0.3, 0.4) is 0 Å². The van der Waals surface area contributed by atoms with E-state index in [2.05, 4.69) is 38.9 Å². The van der Waals surface area contributed by atoms with Gasteiger partial charge in [0.2, 0.25) is 5.95 Å². The van der Waals surface area contributed by atoms with Crippen molar-refractivity contribution in [2.75, 3.05) is 9.66 Å². The summed E-state index contributed by atoms with van der Waals surface area (Å²) < 4.78 is 1.82. The van der Waals surface area contributed by atoms with Crippen molar-refractivity contribution in [1.82, 2.24) is 9.97 Å². The summed E-state index contributed by atoms with van der Waals surface area (Å²) in [5, 5.41) is 8.34. The van der Waals surface area contributed by atoms with Crippen molar-refractivity contribution in [1.29, 1.82) is 5.26 Å². The molecule has 0 atom stereocenters. The molecular formula is C7H7IN4. The molecule has 0 N–H and O–H groups in total. The van der Waals surface area contributed by atoms with Crippen molar-refractivity contribution in [2.24, 2.45) is 0 Å². The monoisotopic (exact) mass is 274 g/mol. The van der Waals surface area contributed by atoms with Gasteiger partial charge in [-0.05, 0) is 6.07 Å². The van der Waals surface area contributed by atoms with Crippen LogP contribution in [0.15, 0.2) is 18.5 Å². The maximum atomic E-state index is 8.34. The van der Waals surface area contributed by atoms with Gasteiger partial charge >= 0.3 is 0 Å². The van der Waals surface area contributed by atoms with Gasteiger partial charge in [0.25, 0.3) is 0 Å². The number of hydrogen-bond acceptors (Lipinski definition) is 4. The minimum Gasteiger partial charge on any atom is -0.282 e. The summed E-state index contributed by atoms with van der Waals surface area (Å²) in [7, 11) is 0. The number of halogens is 1. The molecule has 0 saturated heterocycles. The highest BCUT2D eigenvalue weighted by atomic mass is 127. The molecule has 0 saturated carbocycles. The SMILES string of the molecule is N#CCCN(I)c1ncccn1. The van der Waals surface area contributed by atoms with E-state index in [1.165, 1.54) is 0 Å². The Morgan fingerprint density at radius 2 is 2.17 bits per heavy atom. The van der Waals surface area contributed by atoms with Crippen LogP contribution in [-0.2, 0) is 0 Å². The van der Waals surface area contributed by atoms with Crippen LogP contribution in [0, 0.1) is 11.3 Å². The van der Waals surface area contributed by atoms with Crippen LogP contribution in [0.5, 0.6) is 0 Å². The molecular weight excluding hydrogens is 267 g/mol. The zero-order chi connectivity index (χ0) is 8.81. The first-order valence-corrected chi connectivity index (χ1v) is 4.38. The van der Waals surface area contributed by atoms with Gasteiger partial charge in [-0.15, -0.1) is 0 Å². The van der Waals surface area contributed by atoms with Crippen LogP contribution >= 0.6 is 22.9 Å². The minimum atomic E-state index is 0.487. The normalized spacial score (nSPS) is 9.00. The predicted molar refractivity (Wildman–Crippen MR) is 53.6 cm³/mol. The summed E-state index contributed by atoms with van der Waals surface area (Å²) >= 11 is 2.09. The van der Waals surface area contributed by atoms with E-state index >= 15 is 0 Å². The fourth-order valence-electron chi connectivity index (χ4n) is 0.665. The Hall–Kier alpha value is -0.900. The zero-order valence-corrected chi connectivity index (χ0v) is 8.47. The Morgan fingerprint density at radius 3 is 2.75 bits per heavy atom. The van der Waals surface area contributed by atoms with Crippen molar-refractivity contribution in [3.8, 4) is 6.07 Å². The number of rotatable bonds is 3. The van der Waals surface area contributed by atoms with Crippen LogP contribution in [0.1, 0.15) is 6.42 Å². The average molecular weight is 274 g/mol. The van der Waals surface area contributed by atoms with E-state index < -0.39 is 0 Å². The molecule has 4 nitrogen and oxygen atoms in total. The third-order valence-electron chi connectivity index (χ3n) is 1.19. The maximum absolute atomic E-state index is 8.34. The van der Waals surface area contributed by atoms with Gasteiger partial charge in [0.05, 0.1) is 35.4 Å². The number of hydrogen-bond donors (Lipinski definition) is 0. The Labute approximate surface area is 84.7 Å². The van der Waals surface area contributed by atoms with Crippen molar-refractivity contribution >= 4 is 28.8 Å². The van der Waals surface area contributed by atoms with E-state index in [4.69, 9.17) is 5.26 Å². The molecule has 0 aromatic carbocycles. The largest absolute Gasteiger partial charge is 0.282 e. The number of nitrogens with zero attached hydrogens (tertiary/aromatic N) is 4. The molecule has 0 bridgehead atoms. The average Bonchev–Trinajstić information content (AvgIpc) is 2.15. The van der Waals surface area contributed by atoms with Crippen LogP contribution in [-0.4, -0.2) is 16.5 Å². The first kappa shape index (κ1) is 9.19. The van der Waals surface area contributed by atoms with E-state index in [9.17, 15) is 0 Å². The lowest BCUT2D eigenvalue weighted by Gasteiger charge is -2.10. The number of nitriles is 1. The van der Waals surface area contributed by atoms with Gasteiger partial charge in [0.1, 0.15) is 0 Å². The summed E-state index contributed by atoms with van der Waals surface area (Å²) in [6.45, 7) is 0.654. The molecule has 0 amide bonds. The number of anilines is 1. The summed E-state index contributed by atoms with van der Waals surface area (Å²) in [6.07, 6.45) is 3.85. The highest BCUT2D eigenvalue weighted by molar-refractivity contribution is 14.1. The van der Waals surface area contributed by atoms with Crippen molar-refractivity contribution in [3.05, 3.63) is 18.5 Å². The summed E-state index contributed by atoms with van der Waals surface area (Å²) in [4.78, 5) is 8.06. The topological polar surface area (TPSA) is 52.8 Å². The molecule has 0 aliphatic carbocycles. The van der Waals surface area contributed by atoms with Crippen LogP contribution < -0.4 is 3.11 Å². The van der Waals surface area contributed by atoms with Gasteiger partial charge in [-0.2, -0.15) is 5.26 Å². The molecule has 1 rings (SSSR count). The smallest absolute Gasteiger partial charge is 0.234 e. The molecule has 62 valence electrons. The Morgan fingerprint density at radius 1 is 1.50 bits per heavy atom. The van der Waals surface area contributed by atoms with Gasteiger partial charge in [0, 0.05) is 18.9 Å². The van der Waals surface area contributed by atoms with Gasteiger partial charge in [-0.1, -0.05) is 0 Å². The van der Waals surface area contributed by atoms with Crippen LogP contribution in [0.2, 0.25) is 0 Å². The zero-order valence-electron chi connectivity index (χ0n) is 6.31. The highest BCUT2D eigenvalue weighted by Crippen LogP contribution is 2.10. The summed E-state index contributed by atoms with van der Waals surface area (Å²) in [5.41, 5.74) is 0. The van der Waals surface area contributed by atoms with Gasteiger partial charge in [-0.25, -0.2) is 9.97 Å². The lowest BCUT2D eigenvalue weighted by Crippen LogP contribution is -2.12. The molecule has 0 aliphatic rings. The highest BCUT2D eigenvalue weighted by Gasteiger charge is 2.02. The quantitative estimate of drug-likeness (QED) is 0.619. The lowest BCUT2D eigenvalue weighted by molar-refractivity contribution is 0.974. The van der Waals surface area contributed by atoms with Crippen LogP contribution in [0.4, 0.5) is 5.95 Å². The Kier molecular flexibility index (Phi) is 3.73. The molecule has 5 heteroatoms. The van der Waals surface area contributed by atoms with Crippen LogP contribution in [0.25, 0.3) is 0 Å². The molecule has 0 spiro atoms. The number of aromatic nitrogens is 2. The molecule has 0 radical (unpaired) electrons. The van der Waals surface area contributed by atoms with Crippen molar-refractivity contribution < 1.29 is 0 Å². The van der Waals surface area contributed by atoms with Crippen molar-refractivity contribution in [2.45, 2.75) is 6.42 Å². The van der Waals surface area contributed by atoms with Gasteiger partial charge in [-0.3, -0.25) is 3.11 Å². The first-order chi connectivity index (χ1) is 5.84. The van der Waals surface area contributed by atoms with Gasteiger partial charge in [0.15, 0.2) is 0 Å². The maximum Gasteiger partial charge on any atom is 0.234 e. The standard InChI is InChI=1S/C7H7IN4/c8-12(6-1-3-9)7-10-4-2-5-11-7/h2,4-5H,1,6H2. The van der Waals surface area contributed by atoms with E-state index in [1.54, 1.807) is 18.5 Å². The molecule has 12 heavy (non-hydrogen) atoms. The second-order valence-electron chi connectivity index (χ2n) is 2.04. The second kappa shape index (κ2) is 4.87. The molecule has 0 aliphatic heterocycles. The van der Waals surface area contributed by atoms with E-state index in [-0.39, 0.29) is 0 Å². The summed E-state index contributed by atoms with van der Waals surface area (Å²) in [5.74, 6) is 0.647. The lowest BCUT2D eigenvalue weighted by atomic mass is 10.5. The third kappa shape index (κ3) is 2.62. The molecule has 0 unspecified atom stereocenters. The van der Waals surface area contributed by atoms with E-state index in [0.29, 0.717) is 18.9 Å². The first-order valence-electron chi connectivity index (χ1n) is 3.42.